The molecule has 34 heavy (non-hydrogen) atoms. The smallest absolute Gasteiger partial charge is 0.319 e. The van der Waals surface area contributed by atoms with E-state index in [-0.39, 0.29) is 18.4 Å². The van der Waals surface area contributed by atoms with Crippen LogP contribution in [0.5, 0.6) is 5.75 Å². The second kappa shape index (κ2) is 12.2. The van der Waals surface area contributed by atoms with E-state index in [1.165, 1.54) is 17.7 Å². The van der Waals surface area contributed by atoms with E-state index in [0.29, 0.717) is 36.2 Å². The number of urea groups is 1. The van der Waals surface area contributed by atoms with Crippen LogP contribution in [-0.2, 0) is 6.42 Å². The molecule has 3 N–H and O–H groups in total. The van der Waals surface area contributed by atoms with Crippen molar-refractivity contribution in [2.45, 2.75) is 45.1 Å². The van der Waals surface area contributed by atoms with E-state index in [1.54, 1.807) is 19.2 Å². The Morgan fingerprint density at radius 1 is 1.21 bits per heavy atom. The minimum absolute atomic E-state index is 0.177. The van der Waals surface area contributed by atoms with Gasteiger partial charge in [0.15, 0.2) is 0 Å². The van der Waals surface area contributed by atoms with Crippen LogP contribution in [0, 0.1) is 17.7 Å². The number of ether oxygens (including phenoxy) is 1. The van der Waals surface area contributed by atoms with Crippen LogP contribution in [0.3, 0.4) is 0 Å². The van der Waals surface area contributed by atoms with Crippen LogP contribution in [0.25, 0.3) is 0 Å². The van der Waals surface area contributed by atoms with Gasteiger partial charge in [0.2, 0.25) is 0 Å². The molecule has 0 radical (unpaired) electrons. The van der Waals surface area contributed by atoms with E-state index >= 15 is 0 Å². The van der Waals surface area contributed by atoms with Gasteiger partial charge < -0.3 is 25.4 Å². The van der Waals surface area contributed by atoms with Crippen LogP contribution in [-0.4, -0.2) is 54.9 Å². The van der Waals surface area contributed by atoms with Crippen molar-refractivity contribution in [1.82, 2.24) is 10.2 Å². The Morgan fingerprint density at radius 3 is 2.56 bits per heavy atom. The number of piperidine rings is 1. The average Bonchev–Trinajstić information content (AvgIpc) is 2.80. The summed E-state index contributed by atoms with van der Waals surface area (Å²) in [7, 11) is 1.58. The van der Waals surface area contributed by atoms with Crippen molar-refractivity contribution < 1.29 is 19.0 Å². The number of aliphatic hydroxyl groups is 1. The minimum Gasteiger partial charge on any atom is -0.497 e. The molecule has 1 fully saturated rings. The highest BCUT2D eigenvalue weighted by molar-refractivity contribution is 5.89. The first-order valence-corrected chi connectivity index (χ1v) is 12.1. The van der Waals surface area contributed by atoms with Crippen molar-refractivity contribution in [3.8, 4) is 5.75 Å². The minimum atomic E-state index is -1.01. The summed E-state index contributed by atoms with van der Waals surface area (Å²) in [5, 5.41) is 17.1. The highest BCUT2D eigenvalue weighted by Gasteiger charge is 2.32. The molecule has 1 heterocycles. The topological polar surface area (TPSA) is 73.8 Å². The van der Waals surface area contributed by atoms with Gasteiger partial charge in [-0.25, -0.2) is 9.18 Å². The number of halogens is 1. The molecule has 2 aromatic rings. The SMILES string of the molecule is COc1cccc(NC(=O)NCC(O)(CC(C)C)CN2CCC(Cc3ccc(F)cc3)CC2)c1. The lowest BCUT2D eigenvalue weighted by Gasteiger charge is -2.39. The van der Waals surface area contributed by atoms with Gasteiger partial charge in [-0.1, -0.05) is 32.0 Å². The molecular formula is C27H38FN3O3. The number of rotatable bonds is 10. The molecule has 0 spiro atoms. The Morgan fingerprint density at radius 2 is 1.91 bits per heavy atom. The average molecular weight is 472 g/mol. The summed E-state index contributed by atoms with van der Waals surface area (Å²) in [5.74, 6) is 1.32. The molecule has 0 bridgehead atoms. The van der Waals surface area contributed by atoms with E-state index in [0.717, 1.165) is 32.4 Å². The third-order valence-electron chi connectivity index (χ3n) is 6.36. The van der Waals surface area contributed by atoms with Gasteiger partial charge in [-0.05, 0) is 80.4 Å². The van der Waals surface area contributed by atoms with Gasteiger partial charge in [0.25, 0.3) is 0 Å². The van der Waals surface area contributed by atoms with Crippen LogP contribution in [0.4, 0.5) is 14.9 Å². The quantitative estimate of drug-likeness (QED) is 0.470. The predicted molar refractivity (Wildman–Crippen MR) is 134 cm³/mol. The number of likely N-dealkylation sites (tertiary alicyclic amines) is 1. The van der Waals surface area contributed by atoms with Gasteiger partial charge in [0.1, 0.15) is 11.6 Å². The highest BCUT2D eigenvalue weighted by Crippen LogP contribution is 2.25. The lowest BCUT2D eigenvalue weighted by atomic mass is 9.87. The molecule has 3 rings (SSSR count). The molecule has 1 aliphatic rings. The fourth-order valence-corrected chi connectivity index (χ4v) is 4.79. The van der Waals surface area contributed by atoms with Crippen molar-refractivity contribution in [2.75, 3.05) is 38.6 Å². The summed E-state index contributed by atoms with van der Waals surface area (Å²) in [6.45, 7) is 6.67. The fourth-order valence-electron chi connectivity index (χ4n) is 4.79. The first kappa shape index (κ1) is 26.0. The van der Waals surface area contributed by atoms with Crippen LogP contribution in [0.2, 0.25) is 0 Å². The number of β-amino-alcohol motifs (C(OH)–C–C–N with tert-alkyl or cyclic N) is 1. The monoisotopic (exact) mass is 471 g/mol. The molecule has 186 valence electrons. The van der Waals surface area contributed by atoms with Crippen LogP contribution in [0.1, 0.15) is 38.7 Å². The highest BCUT2D eigenvalue weighted by atomic mass is 19.1. The number of nitrogens with zero attached hydrogens (tertiary/aromatic N) is 1. The lowest BCUT2D eigenvalue weighted by Crippen LogP contribution is -2.53. The Balaban J connectivity index is 1.50. The van der Waals surface area contributed by atoms with Gasteiger partial charge in [0.05, 0.1) is 12.7 Å². The zero-order valence-electron chi connectivity index (χ0n) is 20.5. The summed E-state index contributed by atoms with van der Waals surface area (Å²) >= 11 is 0. The van der Waals surface area contributed by atoms with Crippen LogP contribution in [0.15, 0.2) is 48.5 Å². The van der Waals surface area contributed by atoms with Gasteiger partial charge in [-0.3, -0.25) is 0 Å². The first-order chi connectivity index (χ1) is 16.2. The van der Waals surface area contributed by atoms with Crippen molar-refractivity contribution in [2.24, 2.45) is 11.8 Å². The lowest BCUT2D eigenvalue weighted by molar-refractivity contribution is -0.0177. The number of hydrogen-bond donors (Lipinski definition) is 3. The number of nitrogens with one attached hydrogen (secondary N) is 2. The number of carbonyl (C=O) groups excluding carboxylic acids is 1. The zero-order valence-corrected chi connectivity index (χ0v) is 20.5. The Bertz CT molecular complexity index is 914. The van der Waals surface area contributed by atoms with Crippen LogP contribution < -0.4 is 15.4 Å². The molecule has 1 saturated heterocycles. The van der Waals surface area contributed by atoms with E-state index in [4.69, 9.17) is 4.74 Å². The van der Waals surface area contributed by atoms with E-state index < -0.39 is 5.60 Å². The third-order valence-corrected chi connectivity index (χ3v) is 6.36. The van der Waals surface area contributed by atoms with Crippen LogP contribution >= 0.6 is 0 Å². The maximum absolute atomic E-state index is 13.2. The second-order valence-corrected chi connectivity index (χ2v) is 9.91. The van der Waals surface area contributed by atoms with E-state index in [1.807, 2.05) is 24.3 Å². The third kappa shape index (κ3) is 8.29. The maximum atomic E-state index is 13.2. The maximum Gasteiger partial charge on any atom is 0.319 e. The Hall–Kier alpha value is -2.64. The molecule has 2 amide bonds. The number of amides is 2. The zero-order chi connectivity index (χ0) is 24.6. The van der Waals surface area contributed by atoms with E-state index in [9.17, 15) is 14.3 Å². The van der Waals surface area contributed by atoms with Gasteiger partial charge in [-0.15, -0.1) is 0 Å². The molecule has 1 aliphatic heterocycles. The molecule has 0 aromatic heterocycles. The molecule has 1 unspecified atom stereocenters. The Kier molecular flexibility index (Phi) is 9.30. The predicted octanol–water partition coefficient (Wildman–Crippen LogP) is 4.69. The van der Waals surface area contributed by atoms with Gasteiger partial charge in [-0.2, -0.15) is 0 Å². The van der Waals surface area contributed by atoms with Gasteiger partial charge in [0, 0.05) is 24.8 Å². The molecule has 6 nitrogen and oxygen atoms in total. The molecular weight excluding hydrogens is 433 g/mol. The van der Waals surface area contributed by atoms with E-state index in [2.05, 4.69) is 29.4 Å². The molecule has 7 heteroatoms. The fraction of sp³-hybridized carbons (Fsp3) is 0.519. The van der Waals surface area contributed by atoms with Gasteiger partial charge >= 0.3 is 6.03 Å². The summed E-state index contributed by atoms with van der Waals surface area (Å²) < 4.78 is 18.3. The second-order valence-electron chi connectivity index (χ2n) is 9.91. The summed E-state index contributed by atoms with van der Waals surface area (Å²) in [6.07, 6.45) is 3.64. The standard InChI is InChI=1S/C27H38FN3O3/c1-20(2)17-27(33,18-29-26(32)30-24-5-4-6-25(16-24)34-3)19-31-13-11-22(12-14-31)15-21-7-9-23(28)10-8-21/h4-10,16,20,22,33H,11-15,17-19H2,1-3H3,(H2,29,30,32). The number of methoxy groups -OCH3 is 1. The van der Waals surface area contributed by atoms with Crippen molar-refractivity contribution in [3.63, 3.8) is 0 Å². The van der Waals surface area contributed by atoms with Crippen molar-refractivity contribution >= 4 is 11.7 Å². The number of hydrogen-bond acceptors (Lipinski definition) is 4. The largest absolute Gasteiger partial charge is 0.497 e. The van der Waals surface area contributed by atoms with Crippen molar-refractivity contribution in [1.29, 1.82) is 0 Å². The molecule has 2 aromatic carbocycles. The molecule has 0 saturated carbocycles. The normalized spacial score (nSPS) is 16.8. The molecule has 0 aliphatic carbocycles. The Labute approximate surface area is 202 Å². The van der Waals surface area contributed by atoms with Crippen molar-refractivity contribution in [3.05, 3.63) is 59.9 Å². The number of anilines is 1. The summed E-state index contributed by atoms with van der Waals surface area (Å²) in [4.78, 5) is 14.8. The summed E-state index contributed by atoms with van der Waals surface area (Å²) in [5.41, 5.74) is 0.791. The molecule has 1 atom stereocenters. The number of carbonyl (C=O) groups is 1. The summed E-state index contributed by atoms with van der Waals surface area (Å²) in [6, 6.07) is 13.6. The number of benzene rings is 2. The first-order valence-electron chi connectivity index (χ1n) is 12.1.